The molecule has 0 saturated carbocycles. The molecule has 0 aliphatic heterocycles. The van der Waals surface area contributed by atoms with E-state index in [1.807, 2.05) is 54.9 Å². The van der Waals surface area contributed by atoms with E-state index >= 15 is 0 Å². The monoisotopic (exact) mass is 310 g/mol. The van der Waals surface area contributed by atoms with Crippen LogP contribution in [0.5, 0.6) is 0 Å². The number of hydrogen-bond acceptors (Lipinski definition) is 4. The van der Waals surface area contributed by atoms with E-state index < -0.39 is 0 Å². The second-order valence-corrected chi connectivity index (χ2v) is 5.17. The smallest absolute Gasteiger partial charge is 0.245 e. The van der Waals surface area contributed by atoms with Crippen LogP contribution in [0.25, 0.3) is 11.4 Å². The molecule has 0 aliphatic carbocycles. The molecule has 1 amide bonds. The number of aromatic nitrogens is 5. The van der Waals surface area contributed by atoms with Crippen LogP contribution >= 0.6 is 0 Å². The van der Waals surface area contributed by atoms with Crippen LogP contribution in [0.2, 0.25) is 0 Å². The van der Waals surface area contributed by atoms with Gasteiger partial charge in [0.15, 0.2) is 5.82 Å². The van der Waals surface area contributed by atoms with Crippen molar-refractivity contribution in [2.75, 3.05) is 5.32 Å². The third kappa shape index (κ3) is 3.45. The number of benzene rings is 1. The molecule has 3 rings (SSSR count). The van der Waals surface area contributed by atoms with Gasteiger partial charge in [0, 0.05) is 11.8 Å². The largest absolute Gasteiger partial charge is 0.321 e. The van der Waals surface area contributed by atoms with E-state index in [9.17, 15) is 4.79 Å². The number of aryl methyl sites for hydroxylation is 2. The van der Waals surface area contributed by atoms with E-state index in [-0.39, 0.29) is 12.5 Å². The van der Waals surface area contributed by atoms with Gasteiger partial charge in [-0.05, 0) is 13.8 Å². The lowest BCUT2D eigenvalue weighted by Gasteiger charge is -2.07. The molecule has 0 radical (unpaired) electrons. The van der Waals surface area contributed by atoms with E-state index in [1.165, 1.54) is 4.80 Å². The lowest BCUT2D eigenvalue weighted by atomic mass is 10.2. The minimum absolute atomic E-state index is 0.164. The number of imidazole rings is 1. The zero-order valence-electron chi connectivity index (χ0n) is 13.1. The highest BCUT2D eigenvalue weighted by molar-refractivity contribution is 5.89. The number of amides is 1. The number of rotatable bonds is 5. The van der Waals surface area contributed by atoms with Crippen LogP contribution < -0.4 is 5.32 Å². The Labute approximate surface area is 134 Å². The van der Waals surface area contributed by atoms with Gasteiger partial charge in [-0.1, -0.05) is 30.3 Å². The van der Waals surface area contributed by atoms with Crippen molar-refractivity contribution in [1.29, 1.82) is 0 Å². The first-order valence-corrected chi connectivity index (χ1v) is 7.45. The summed E-state index contributed by atoms with van der Waals surface area (Å²) in [6.45, 7) is 4.68. The molecule has 2 aromatic heterocycles. The van der Waals surface area contributed by atoms with Crippen molar-refractivity contribution >= 4 is 11.7 Å². The maximum absolute atomic E-state index is 12.2. The summed E-state index contributed by atoms with van der Waals surface area (Å²) in [6, 6.07) is 9.80. The van der Waals surface area contributed by atoms with Gasteiger partial charge in [-0.25, -0.2) is 4.98 Å². The Morgan fingerprint density at radius 1 is 1.26 bits per heavy atom. The molecule has 0 fully saturated rings. The second-order valence-electron chi connectivity index (χ2n) is 5.17. The van der Waals surface area contributed by atoms with E-state index in [0.29, 0.717) is 12.4 Å². The molecule has 0 saturated heterocycles. The molecule has 2 heterocycles. The van der Waals surface area contributed by atoms with Crippen LogP contribution in [0.4, 0.5) is 5.82 Å². The van der Waals surface area contributed by atoms with Crippen LogP contribution in [-0.2, 0) is 17.9 Å². The van der Waals surface area contributed by atoms with Crippen molar-refractivity contribution < 1.29 is 4.79 Å². The molecular formula is C16H18N6O. The normalized spacial score (nSPS) is 10.7. The van der Waals surface area contributed by atoms with Gasteiger partial charge in [-0.15, -0.1) is 5.10 Å². The predicted molar refractivity (Wildman–Crippen MR) is 86.7 cm³/mol. The molecule has 7 heteroatoms. The third-order valence-electron chi connectivity index (χ3n) is 3.33. The highest BCUT2D eigenvalue weighted by Gasteiger charge is 2.12. The first-order chi connectivity index (χ1) is 11.2. The van der Waals surface area contributed by atoms with Crippen molar-refractivity contribution in [2.45, 2.75) is 26.9 Å². The number of nitrogens with zero attached hydrogens (tertiary/aromatic N) is 5. The van der Waals surface area contributed by atoms with Crippen molar-refractivity contribution in [1.82, 2.24) is 24.5 Å². The number of carbonyl (C=O) groups is 1. The lowest BCUT2D eigenvalue weighted by molar-refractivity contribution is -0.116. The predicted octanol–water partition coefficient (Wildman–Crippen LogP) is 2.11. The molecule has 0 unspecified atom stereocenters. The second kappa shape index (κ2) is 6.43. The SMILES string of the molecule is CCn1ncc(NC(=O)Cn2cc(C)nc2-c2ccccc2)n1. The first-order valence-electron chi connectivity index (χ1n) is 7.45. The highest BCUT2D eigenvalue weighted by Crippen LogP contribution is 2.18. The molecule has 1 N–H and O–H groups in total. The summed E-state index contributed by atoms with van der Waals surface area (Å²) in [5, 5.41) is 10.9. The van der Waals surface area contributed by atoms with Gasteiger partial charge in [-0.3, -0.25) is 4.79 Å². The Balaban J connectivity index is 1.76. The number of anilines is 1. The molecule has 23 heavy (non-hydrogen) atoms. The molecule has 0 bridgehead atoms. The van der Waals surface area contributed by atoms with Crippen LogP contribution in [0.1, 0.15) is 12.6 Å². The fourth-order valence-corrected chi connectivity index (χ4v) is 2.33. The first kappa shape index (κ1) is 15.0. The quantitative estimate of drug-likeness (QED) is 0.783. The van der Waals surface area contributed by atoms with E-state index in [0.717, 1.165) is 17.1 Å². The van der Waals surface area contributed by atoms with Gasteiger partial charge in [0.1, 0.15) is 12.4 Å². The molecule has 0 spiro atoms. The van der Waals surface area contributed by atoms with Crippen molar-refractivity contribution in [3.8, 4) is 11.4 Å². The molecule has 0 atom stereocenters. The standard InChI is InChI=1S/C16H18N6O/c1-3-22-17-9-14(20-22)19-15(23)11-21-10-12(2)18-16(21)13-7-5-4-6-8-13/h4-10H,3,11H2,1-2H3,(H,19,20,23). The summed E-state index contributed by atoms with van der Waals surface area (Å²) >= 11 is 0. The summed E-state index contributed by atoms with van der Waals surface area (Å²) in [5.74, 6) is 1.06. The summed E-state index contributed by atoms with van der Waals surface area (Å²) in [6.07, 6.45) is 3.41. The van der Waals surface area contributed by atoms with Gasteiger partial charge in [0.05, 0.1) is 18.4 Å². The number of carbonyl (C=O) groups excluding carboxylic acids is 1. The van der Waals surface area contributed by atoms with Crippen LogP contribution in [0, 0.1) is 6.92 Å². The molecule has 3 aromatic rings. The fraction of sp³-hybridized carbons (Fsp3) is 0.250. The van der Waals surface area contributed by atoms with Crippen LogP contribution in [0.15, 0.2) is 42.7 Å². The number of nitrogens with one attached hydrogen (secondary N) is 1. The van der Waals surface area contributed by atoms with Gasteiger partial charge < -0.3 is 9.88 Å². The topological polar surface area (TPSA) is 77.6 Å². The average molecular weight is 310 g/mol. The van der Waals surface area contributed by atoms with Gasteiger partial charge in [0.25, 0.3) is 0 Å². The van der Waals surface area contributed by atoms with Crippen molar-refractivity contribution in [3.05, 3.63) is 48.4 Å². The average Bonchev–Trinajstić information content (AvgIpc) is 3.14. The highest BCUT2D eigenvalue weighted by atomic mass is 16.2. The van der Waals surface area contributed by atoms with Crippen molar-refractivity contribution in [3.63, 3.8) is 0 Å². The summed E-state index contributed by atoms with van der Waals surface area (Å²) < 4.78 is 1.84. The Hall–Kier alpha value is -2.96. The molecule has 0 aliphatic rings. The fourth-order valence-electron chi connectivity index (χ4n) is 2.33. The Morgan fingerprint density at radius 2 is 2.04 bits per heavy atom. The molecular weight excluding hydrogens is 292 g/mol. The molecule has 7 nitrogen and oxygen atoms in total. The maximum Gasteiger partial charge on any atom is 0.245 e. The summed E-state index contributed by atoms with van der Waals surface area (Å²) in [4.78, 5) is 18.3. The van der Waals surface area contributed by atoms with E-state index in [2.05, 4.69) is 20.5 Å². The zero-order valence-corrected chi connectivity index (χ0v) is 13.1. The zero-order chi connectivity index (χ0) is 16.2. The van der Waals surface area contributed by atoms with Crippen LogP contribution in [0.3, 0.4) is 0 Å². The van der Waals surface area contributed by atoms with E-state index in [4.69, 9.17) is 0 Å². The minimum Gasteiger partial charge on any atom is -0.321 e. The van der Waals surface area contributed by atoms with Gasteiger partial charge in [-0.2, -0.15) is 9.90 Å². The Morgan fingerprint density at radius 3 is 2.74 bits per heavy atom. The minimum atomic E-state index is -0.164. The molecule has 118 valence electrons. The number of hydrogen-bond donors (Lipinski definition) is 1. The van der Waals surface area contributed by atoms with Crippen LogP contribution in [-0.4, -0.2) is 30.5 Å². The van der Waals surface area contributed by atoms with E-state index in [1.54, 1.807) is 6.20 Å². The van der Waals surface area contributed by atoms with Gasteiger partial charge >= 0.3 is 0 Å². The maximum atomic E-state index is 12.2. The third-order valence-corrected chi connectivity index (χ3v) is 3.33. The Kier molecular flexibility index (Phi) is 4.18. The lowest BCUT2D eigenvalue weighted by Crippen LogP contribution is -2.19. The van der Waals surface area contributed by atoms with Crippen molar-refractivity contribution in [2.24, 2.45) is 0 Å². The summed E-state index contributed by atoms with van der Waals surface area (Å²) in [5.41, 5.74) is 1.85. The van der Waals surface area contributed by atoms with Gasteiger partial charge in [0.2, 0.25) is 5.91 Å². The Bertz CT molecular complexity index is 805. The summed E-state index contributed by atoms with van der Waals surface area (Å²) in [7, 11) is 0. The molecule has 1 aromatic carbocycles.